The van der Waals surface area contributed by atoms with Gasteiger partial charge in [0.25, 0.3) is 11.8 Å². The van der Waals surface area contributed by atoms with Gasteiger partial charge in [-0.25, -0.2) is 0 Å². The van der Waals surface area contributed by atoms with Gasteiger partial charge in [0.05, 0.1) is 6.04 Å². The highest BCUT2D eigenvalue weighted by molar-refractivity contribution is 6.38. The standard InChI is InChI=1S/C32H35N5O5/c38-28(31(41)34-17-19-6-2-1-3-7-19)25(15-22-12-13-33-29(22)39)36-30(40)27-16-23(20-10-11-20)18-37(27)32(42)26-14-21-8-4-5-9-24(21)35-26/h1-9,14,20,22-23,25,27,35H,10-13,15-18H2,(H,33,39)(H,34,41)(H,36,40). The topological polar surface area (TPSA) is 140 Å². The third kappa shape index (κ3) is 5.93. The summed E-state index contributed by atoms with van der Waals surface area (Å²) in [7, 11) is 0. The second-order valence-electron chi connectivity index (χ2n) is 11.7. The molecular formula is C32H35N5O5. The van der Waals surface area contributed by atoms with E-state index in [1.165, 1.54) is 0 Å². The summed E-state index contributed by atoms with van der Waals surface area (Å²) >= 11 is 0. The van der Waals surface area contributed by atoms with E-state index in [4.69, 9.17) is 0 Å². The average molecular weight is 570 g/mol. The minimum absolute atomic E-state index is 0.0178. The van der Waals surface area contributed by atoms with Crippen LogP contribution in [0.4, 0.5) is 0 Å². The van der Waals surface area contributed by atoms with Crippen molar-refractivity contribution >= 4 is 40.3 Å². The molecule has 218 valence electrons. The van der Waals surface area contributed by atoms with E-state index in [9.17, 15) is 24.0 Å². The first-order valence-corrected chi connectivity index (χ1v) is 14.7. The van der Waals surface area contributed by atoms with Crippen LogP contribution >= 0.6 is 0 Å². The van der Waals surface area contributed by atoms with Crippen molar-refractivity contribution in [2.45, 2.75) is 50.7 Å². The number of hydrogen-bond acceptors (Lipinski definition) is 5. The van der Waals surface area contributed by atoms with Crippen LogP contribution in [0.5, 0.6) is 0 Å². The molecule has 4 amide bonds. The van der Waals surface area contributed by atoms with Crippen LogP contribution in [-0.4, -0.2) is 64.5 Å². The second kappa shape index (κ2) is 11.8. The van der Waals surface area contributed by atoms with Crippen LogP contribution in [0.1, 0.15) is 48.2 Å². The van der Waals surface area contributed by atoms with Crippen LogP contribution in [0.3, 0.4) is 0 Å². The van der Waals surface area contributed by atoms with Gasteiger partial charge in [-0.3, -0.25) is 24.0 Å². The molecule has 6 rings (SSSR count). The van der Waals surface area contributed by atoms with Crippen LogP contribution in [0, 0.1) is 17.8 Å². The van der Waals surface area contributed by atoms with Crippen LogP contribution in [0.15, 0.2) is 60.7 Å². The molecule has 2 aliphatic heterocycles. The molecule has 2 saturated heterocycles. The molecule has 1 saturated carbocycles. The minimum atomic E-state index is -1.19. The second-order valence-corrected chi connectivity index (χ2v) is 11.7. The van der Waals surface area contributed by atoms with Crippen molar-refractivity contribution in [1.82, 2.24) is 25.8 Å². The number of para-hydroxylation sites is 1. The number of ketones is 1. The Balaban J connectivity index is 1.20. The summed E-state index contributed by atoms with van der Waals surface area (Å²) in [5, 5.41) is 9.09. The predicted octanol–water partition coefficient (Wildman–Crippen LogP) is 2.31. The fourth-order valence-electron chi connectivity index (χ4n) is 6.27. The van der Waals surface area contributed by atoms with Crippen LogP contribution < -0.4 is 16.0 Å². The van der Waals surface area contributed by atoms with E-state index in [1.54, 1.807) is 11.0 Å². The van der Waals surface area contributed by atoms with E-state index in [0.29, 0.717) is 37.5 Å². The zero-order valence-electron chi connectivity index (χ0n) is 23.3. The number of Topliss-reactive ketones (excluding diaryl/α,β-unsaturated/α-hetero) is 1. The Morgan fingerprint density at radius 1 is 0.952 bits per heavy atom. The highest BCUT2D eigenvalue weighted by atomic mass is 16.2. The van der Waals surface area contributed by atoms with Gasteiger partial charge >= 0.3 is 0 Å². The van der Waals surface area contributed by atoms with E-state index in [2.05, 4.69) is 20.9 Å². The first-order valence-electron chi connectivity index (χ1n) is 14.7. The lowest BCUT2D eigenvalue weighted by Gasteiger charge is -2.26. The van der Waals surface area contributed by atoms with Gasteiger partial charge in [0.1, 0.15) is 11.7 Å². The smallest absolute Gasteiger partial charge is 0.289 e. The van der Waals surface area contributed by atoms with Gasteiger partial charge in [-0.05, 0) is 61.6 Å². The van der Waals surface area contributed by atoms with E-state index in [-0.39, 0.29) is 30.7 Å². The van der Waals surface area contributed by atoms with E-state index in [1.807, 2.05) is 54.6 Å². The first kappa shape index (κ1) is 27.7. The van der Waals surface area contributed by atoms with Gasteiger partial charge in [-0.1, -0.05) is 48.5 Å². The zero-order valence-corrected chi connectivity index (χ0v) is 23.3. The maximum atomic E-state index is 13.8. The molecule has 0 radical (unpaired) electrons. The van der Waals surface area contributed by atoms with Crippen molar-refractivity contribution in [3.05, 3.63) is 71.9 Å². The number of aromatic nitrogens is 1. The number of nitrogens with zero attached hydrogens (tertiary/aromatic N) is 1. The van der Waals surface area contributed by atoms with Crippen molar-refractivity contribution in [3.8, 4) is 0 Å². The van der Waals surface area contributed by atoms with Crippen molar-refractivity contribution < 1.29 is 24.0 Å². The number of carbonyl (C=O) groups is 5. The summed E-state index contributed by atoms with van der Waals surface area (Å²) in [5.74, 6) is -2.39. The molecule has 1 aliphatic carbocycles. The van der Waals surface area contributed by atoms with Crippen LogP contribution in [0.2, 0.25) is 0 Å². The van der Waals surface area contributed by atoms with Crippen molar-refractivity contribution in [1.29, 1.82) is 0 Å². The third-order valence-electron chi connectivity index (χ3n) is 8.78. The van der Waals surface area contributed by atoms with E-state index < -0.39 is 35.6 Å². The van der Waals surface area contributed by atoms with E-state index in [0.717, 1.165) is 29.3 Å². The maximum Gasteiger partial charge on any atom is 0.289 e. The number of hydrogen-bond donors (Lipinski definition) is 4. The molecule has 10 heteroatoms. The lowest BCUT2D eigenvalue weighted by atomic mass is 9.94. The van der Waals surface area contributed by atoms with Crippen molar-refractivity contribution in [3.63, 3.8) is 0 Å². The van der Waals surface area contributed by atoms with E-state index >= 15 is 0 Å². The zero-order chi connectivity index (χ0) is 29.2. The highest BCUT2D eigenvalue weighted by Gasteiger charge is 2.46. The molecule has 10 nitrogen and oxygen atoms in total. The van der Waals surface area contributed by atoms with Crippen LogP contribution in [0.25, 0.3) is 10.9 Å². The Morgan fingerprint density at radius 2 is 1.71 bits per heavy atom. The van der Waals surface area contributed by atoms with Gasteiger partial charge in [0.2, 0.25) is 17.6 Å². The maximum absolute atomic E-state index is 13.8. The summed E-state index contributed by atoms with van der Waals surface area (Å²) in [6, 6.07) is 16.6. The number of fused-ring (bicyclic) bond motifs is 1. The molecule has 3 aromatic rings. The Hall–Kier alpha value is -4.47. The molecular weight excluding hydrogens is 534 g/mol. The number of nitrogens with one attached hydrogen (secondary N) is 4. The number of H-pyrrole nitrogens is 1. The Labute approximate surface area is 243 Å². The molecule has 3 heterocycles. The highest BCUT2D eigenvalue weighted by Crippen LogP contribution is 2.43. The number of likely N-dealkylation sites (tertiary alicyclic amines) is 1. The quantitative estimate of drug-likeness (QED) is 0.278. The molecule has 3 aliphatic rings. The summed E-state index contributed by atoms with van der Waals surface area (Å²) < 4.78 is 0. The molecule has 0 bridgehead atoms. The normalized spacial score (nSPS) is 22.5. The van der Waals surface area contributed by atoms with Crippen molar-refractivity contribution in [2.24, 2.45) is 17.8 Å². The molecule has 1 aromatic heterocycles. The number of rotatable bonds is 10. The molecule has 4 unspecified atom stereocenters. The number of amides is 4. The minimum Gasteiger partial charge on any atom is -0.356 e. The molecule has 2 aromatic carbocycles. The fourth-order valence-corrected chi connectivity index (χ4v) is 6.27. The third-order valence-corrected chi connectivity index (χ3v) is 8.78. The molecule has 4 atom stereocenters. The SMILES string of the molecule is O=C(NCc1ccccc1)C(=O)C(CC1CCNC1=O)NC(=O)C1CC(C2CC2)CN1C(=O)c1cc2ccccc2[nH]1. The summed E-state index contributed by atoms with van der Waals surface area (Å²) in [6.45, 7) is 1.10. The first-order chi connectivity index (χ1) is 20.4. The summed E-state index contributed by atoms with van der Waals surface area (Å²) in [5.41, 5.74) is 2.07. The lowest BCUT2D eigenvalue weighted by Crippen LogP contribution is -2.54. The monoisotopic (exact) mass is 569 g/mol. The summed E-state index contributed by atoms with van der Waals surface area (Å²) in [4.78, 5) is 71.0. The average Bonchev–Trinajstić information content (AvgIpc) is 3.41. The predicted molar refractivity (Wildman–Crippen MR) is 155 cm³/mol. The lowest BCUT2D eigenvalue weighted by molar-refractivity contribution is -0.141. The fraction of sp³-hybridized carbons (Fsp3) is 0.406. The summed E-state index contributed by atoms with van der Waals surface area (Å²) in [6.07, 6.45) is 3.18. The van der Waals surface area contributed by atoms with Gasteiger partial charge in [0.15, 0.2) is 0 Å². The van der Waals surface area contributed by atoms with Gasteiger partial charge in [-0.15, -0.1) is 0 Å². The number of benzene rings is 2. The Morgan fingerprint density at radius 3 is 2.43 bits per heavy atom. The molecule has 3 fully saturated rings. The van der Waals surface area contributed by atoms with Gasteiger partial charge in [0, 0.05) is 36.5 Å². The van der Waals surface area contributed by atoms with Gasteiger partial charge in [-0.2, -0.15) is 0 Å². The van der Waals surface area contributed by atoms with Crippen LogP contribution in [-0.2, 0) is 25.7 Å². The van der Waals surface area contributed by atoms with Crippen molar-refractivity contribution in [2.75, 3.05) is 13.1 Å². The Bertz CT molecular complexity index is 1480. The molecule has 0 spiro atoms. The molecule has 4 N–H and O–H groups in total. The van der Waals surface area contributed by atoms with Gasteiger partial charge < -0.3 is 25.8 Å². The number of aromatic amines is 1. The Kier molecular flexibility index (Phi) is 7.78. The molecule has 42 heavy (non-hydrogen) atoms. The number of carbonyl (C=O) groups excluding carboxylic acids is 5. The largest absolute Gasteiger partial charge is 0.356 e.